The minimum atomic E-state index is -0.833. The van der Waals surface area contributed by atoms with E-state index in [-0.39, 0.29) is 23.1 Å². The lowest BCUT2D eigenvalue weighted by atomic mass is 15.9. The summed E-state index contributed by atoms with van der Waals surface area (Å²) in [7, 11) is 0. The summed E-state index contributed by atoms with van der Waals surface area (Å²) in [4.78, 5) is 0. The summed E-state index contributed by atoms with van der Waals surface area (Å²) in [5.74, 6) is 0. The van der Waals surface area contributed by atoms with Gasteiger partial charge >= 0.3 is 23.1 Å². The molecule has 0 atom stereocenters. The molecular weight excluding hydrogens is 88.4 g/mol. The van der Waals surface area contributed by atoms with E-state index in [4.69, 9.17) is 8.76 Å². The van der Waals surface area contributed by atoms with E-state index in [0.717, 1.165) is 0 Å². The van der Waals surface area contributed by atoms with Crippen molar-refractivity contribution in [2.45, 2.75) is 0 Å². The molecule has 0 spiro atoms. The van der Waals surface area contributed by atoms with Gasteiger partial charge in [-0.2, -0.15) is 0 Å². The number of thiol groups is 1. The van der Waals surface area contributed by atoms with Gasteiger partial charge in [0.15, 0.2) is 0 Å². The molecule has 0 aliphatic heterocycles. The van der Waals surface area contributed by atoms with Crippen molar-refractivity contribution in [3.05, 3.63) is 0 Å². The molecule has 0 aromatic heterocycles. The van der Waals surface area contributed by atoms with E-state index < -0.39 is 11.9 Å². The second-order valence-corrected chi connectivity index (χ2v) is 0.245. The second kappa shape index (κ2) is 9.11. The predicted molar refractivity (Wildman–Crippen MR) is 20.7 cm³/mol. The van der Waals surface area contributed by atoms with Gasteiger partial charge in [-0.15, -0.1) is 0 Å². The first-order valence-electron chi connectivity index (χ1n) is 0.383. The fourth-order valence-corrected chi connectivity index (χ4v) is 0. The molecule has 4 heteroatoms. The van der Waals surface area contributed by atoms with Gasteiger partial charge in [-0.3, -0.25) is 0 Å². The molecule has 0 bridgehead atoms. The van der Waals surface area contributed by atoms with Gasteiger partial charge in [0, 0.05) is 0 Å². The van der Waals surface area contributed by atoms with E-state index in [1.54, 1.807) is 0 Å². The quantitative estimate of drug-likeness (QED) is 0.217. The highest BCUT2D eigenvalue weighted by Crippen LogP contribution is 1.08. The summed E-state index contributed by atoms with van der Waals surface area (Å²) < 4.78 is 15.4. The average molecular weight is 92.4 g/mol. The summed E-state index contributed by atoms with van der Waals surface area (Å²) in [6.45, 7) is 0. The maximum Gasteiger partial charge on any atom is 0.316 e. The largest absolute Gasteiger partial charge is 0.316 e. The van der Waals surface area contributed by atoms with E-state index in [1.807, 2.05) is 0 Å². The molecule has 0 radical (unpaired) electrons. The van der Waals surface area contributed by atoms with Gasteiger partial charge in [0.05, 0.1) is 0 Å². The van der Waals surface area contributed by atoms with Gasteiger partial charge < -0.3 is 4.55 Å². The molecule has 0 heterocycles. The number of hydrogen-bond acceptors (Lipinski definition) is 1. The van der Waals surface area contributed by atoms with Crippen LogP contribution in [0.5, 0.6) is 0 Å². The van der Waals surface area contributed by atoms with Gasteiger partial charge in [0.1, 0.15) is 11.9 Å². The predicted octanol–water partition coefficient (Wildman–Crippen LogP) is -1.51. The molecule has 0 aromatic rings. The van der Waals surface area contributed by atoms with Crippen molar-refractivity contribution >= 4 is 35.0 Å². The summed E-state index contributed by atoms with van der Waals surface area (Å²) in [5, 5.41) is 0. The number of hydrogen-bond donors (Lipinski definition) is 2. The highest BCUT2D eigenvalue weighted by molar-refractivity contribution is 7.59. The van der Waals surface area contributed by atoms with Crippen molar-refractivity contribution in [1.29, 1.82) is 0 Å². The smallest absolute Gasteiger partial charge is 0.308 e. The Morgan fingerprint density at radius 3 is 1.75 bits per heavy atom. The monoisotopic (exact) mass is 92.0 g/mol. The van der Waals surface area contributed by atoms with E-state index in [9.17, 15) is 0 Å². The zero-order valence-electron chi connectivity index (χ0n) is 1.30. The lowest BCUT2D eigenvalue weighted by Gasteiger charge is -1.32. The standard InChI is InChI=1S/Mg.H2O2S.2H/c;1-3-2;;/h;3H,(H,1,2);;. The van der Waals surface area contributed by atoms with Crippen LogP contribution in [-0.4, -0.2) is 31.8 Å². The van der Waals surface area contributed by atoms with Crippen LogP contribution in [0.2, 0.25) is 0 Å². The maximum atomic E-state index is 8.46. The van der Waals surface area contributed by atoms with Crippen molar-refractivity contribution in [3.63, 3.8) is 0 Å². The Hall–Kier alpha value is 0.876. The number of rotatable bonds is 0. The van der Waals surface area contributed by atoms with E-state index in [0.29, 0.717) is 0 Å². The Labute approximate surface area is 44.1 Å². The van der Waals surface area contributed by atoms with Crippen LogP contribution in [0.25, 0.3) is 0 Å². The van der Waals surface area contributed by atoms with Gasteiger partial charge in [-0.05, 0) is 0 Å². The molecule has 0 amide bonds. The lowest BCUT2D eigenvalue weighted by Crippen LogP contribution is -1.39. The van der Waals surface area contributed by atoms with Crippen LogP contribution in [0.3, 0.4) is 0 Å². The summed E-state index contributed by atoms with van der Waals surface area (Å²) in [5.41, 5.74) is 0. The molecule has 0 fully saturated rings. The normalized spacial score (nSPS) is 4.25. The molecule has 2 nitrogen and oxygen atoms in total. The third-order valence-electron chi connectivity index (χ3n) is 0. The highest BCUT2D eigenvalue weighted by Gasteiger charge is 1.17. The van der Waals surface area contributed by atoms with Gasteiger partial charge in [0.25, 0.3) is 0 Å². The Balaban J connectivity index is 0. The van der Waals surface area contributed by atoms with E-state index in [1.165, 1.54) is 0 Å². The summed E-state index contributed by atoms with van der Waals surface area (Å²) in [6, 6.07) is 0. The molecule has 0 saturated carbocycles. The molecule has 0 unspecified atom stereocenters. The minimum Gasteiger partial charge on any atom is -0.308 e. The minimum absolute atomic E-state index is 0. The third kappa shape index (κ3) is 13.2. The molecule has 0 aliphatic carbocycles. The van der Waals surface area contributed by atoms with Crippen molar-refractivity contribution in [2.24, 2.45) is 0 Å². The Morgan fingerprint density at radius 2 is 1.75 bits per heavy atom. The third-order valence-corrected chi connectivity index (χ3v) is 0. The van der Waals surface area contributed by atoms with Crippen LogP contribution in [0, 0.1) is 0 Å². The summed E-state index contributed by atoms with van der Waals surface area (Å²) >= 11 is -0.833. The topological polar surface area (TPSA) is 37.3 Å². The highest BCUT2D eigenvalue weighted by atomic mass is 32.2. The molecule has 0 rings (SSSR count). The Kier molecular flexibility index (Phi) is 20.2. The van der Waals surface area contributed by atoms with Crippen molar-refractivity contribution in [2.75, 3.05) is 0 Å². The fraction of sp³-hybridized carbons (Fsp3) is 0. The van der Waals surface area contributed by atoms with Gasteiger partial charge in [-0.1, -0.05) is 0 Å². The van der Waals surface area contributed by atoms with Crippen LogP contribution in [-0.2, 0) is 11.9 Å². The lowest BCUT2D eigenvalue weighted by molar-refractivity contribution is 0.586. The first-order chi connectivity index (χ1) is 1.41. The average Bonchev–Trinajstić information content (AvgIpc) is 0.918. The molecule has 1 N–H and O–H groups in total. The molecule has 0 aliphatic rings. The van der Waals surface area contributed by atoms with Crippen molar-refractivity contribution in [3.8, 4) is 0 Å². The van der Waals surface area contributed by atoms with Gasteiger partial charge in [-0.25, -0.2) is 4.21 Å². The van der Waals surface area contributed by atoms with Crippen molar-refractivity contribution < 1.29 is 8.76 Å². The van der Waals surface area contributed by atoms with Crippen LogP contribution in [0.4, 0.5) is 0 Å². The Bertz CT molecular complexity index is 13.5. The van der Waals surface area contributed by atoms with Crippen LogP contribution >= 0.6 is 0 Å². The molecule has 24 valence electrons. The molecule has 4 heavy (non-hydrogen) atoms. The van der Waals surface area contributed by atoms with Crippen LogP contribution in [0.1, 0.15) is 0 Å². The maximum absolute atomic E-state index is 8.46. The first-order valence-corrected chi connectivity index (χ1v) is 1.15. The van der Waals surface area contributed by atoms with Gasteiger partial charge in [0.2, 0.25) is 0 Å². The van der Waals surface area contributed by atoms with Crippen LogP contribution < -0.4 is 0 Å². The molecule has 0 saturated heterocycles. The summed E-state index contributed by atoms with van der Waals surface area (Å²) in [6.07, 6.45) is 0. The molecular formula is H4MgO2S. The fourth-order valence-electron chi connectivity index (χ4n) is 0. The van der Waals surface area contributed by atoms with E-state index >= 15 is 0 Å². The van der Waals surface area contributed by atoms with E-state index in [2.05, 4.69) is 0 Å². The second-order valence-electron chi connectivity index (χ2n) is 0.0816. The first kappa shape index (κ1) is 8.86. The SMILES string of the molecule is O=[SH]O.[MgH2]. The van der Waals surface area contributed by atoms with Crippen LogP contribution in [0.15, 0.2) is 0 Å². The van der Waals surface area contributed by atoms with Crippen molar-refractivity contribution in [1.82, 2.24) is 0 Å². The zero-order chi connectivity index (χ0) is 2.71. The Morgan fingerprint density at radius 1 is 1.75 bits per heavy atom. The zero-order valence-corrected chi connectivity index (χ0v) is 2.20. The molecule has 0 aromatic carbocycles.